The molecule has 0 bridgehead atoms. The minimum absolute atomic E-state index is 0.158. The van der Waals surface area contributed by atoms with Crippen LogP contribution in [0.4, 0.5) is 5.69 Å². The molecule has 6 heteroatoms. The molecule has 0 saturated carbocycles. The number of hydrogen-bond donors (Lipinski definition) is 2. The highest BCUT2D eigenvalue weighted by Gasteiger charge is 2.44. The molecule has 0 heterocycles. The molecule has 2 N–H and O–H groups in total. The van der Waals surface area contributed by atoms with Crippen molar-refractivity contribution >= 4 is 11.9 Å². The summed E-state index contributed by atoms with van der Waals surface area (Å²) < 4.78 is 0. The highest BCUT2D eigenvalue weighted by molar-refractivity contribution is 5.85. The third-order valence-corrected chi connectivity index (χ3v) is 8.89. The molecule has 1 atom stereocenters. The van der Waals surface area contributed by atoms with Gasteiger partial charge in [0.1, 0.15) is 5.60 Å². The Bertz CT molecular complexity index is 1470. The first-order chi connectivity index (χ1) is 20.8. The zero-order valence-corrected chi connectivity index (χ0v) is 30.5. The monoisotopic (exact) mass is 628 g/mol. The van der Waals surface area contributed by atoms with Gasteiger partial charge in [-0.25, -0.2) is 0 Å². The number of rotatable bonds is 7. The Morgan fingerprint density at radius 1 is 0.674 bits per heavy atom. The molecule has 3 rings (SSSR count). The number of aliphatic imine (C=N–C) groups is 1. The van der Waals surface area contributed by atoms with Crippen molar-refractivity contribution in [2.75, 3.05) is 0 Å². The highest BCUT2D eigenvalue weighted by atomic mass is 16.6. The van der Waals surface area contributed by atoms with Crippen LogP contribution in [0.15, 0.2) is 59.6 Å². The Balaban J connectivity index is 2.53. The molecule has 0 aliphatic carbocycles. The maximum absolute atomic E-state index is 13.6. The molecule has 250 valence electrons. The second-order valence-corrected chi connectivity index (χ2v) is 17.3. The second kappa shape index (κ2) is 12.6. The number of phenols is 1. The van der Waals surface area contributed by atoms with Gasteiger partial charge in [0, 0.05) is 17.8 Å². The van der Waals surface area contributed by atoms with Crippen molar-refractivity contribution in [3.63, 3.8) is 0 Å². The number of phenolic OH excluding ortho intramolecular Hbond substituents is 1. The lowest BCUT2D eigenvalue weighted by atomic mass is 9.70. The van der Waals surface area contributed by atoms with Crippen molar-refractivity contribution in [1.29, 1.82) is 0 Å². The fourth-order valence-corrected chi connectivity index (χ4v) is 5.66. The third kappa shape index (κ3) is 7.88. The van der Waals surface area contributed by atoms with Crippen LogP contribution in [0.2, 0.25) is 0 Å². The molecule has 0 unspecified atom stereocenters. The predicted octanol–water partition coefficient (Wildman–Crippen LogP) is 9.87. The summed E-state index contributed by atoms with van der Waals surface area (Å²) in [6.07, 6.45) is 1.47. The summed E-state index contributed by atoms with van der Waals surface area (Å²) in [4.78, 5) is 15.9. The van der Waals surface area contributed by atoms with Gasteiger partial charge in [-0.15, -0.1) is 0 Å². The van der Waals surface area contributed by atoms with Gasteiger partial charge in [-0.1, -0.05) is 139 Å². The van der Waals surface area contributed by atoms with Gasteiger partial charge in [0.2, 0.25) is 5.75 Å². The van der Waals surface area contributed by atoms with Gasteiger partial charge in [-0.2, -0.15) is 0 Å². The molecule has 46 heavy (non-hydrogen) atoms. The van der Waals surface area contributed by atoms with Gasteiger partial charge in [-0.05, 0) is 67.0 Å². The van der Waals surface area contributed by atoms with E-state index in [4.69, 9.17) is 4.99 Å². The van der Waals surface area contributed by atoms with E-state index in [1.54, 1.807) is 6.07 Å². The van der Waals surface area contributed by atoms with Crippen molar-refractivity contribution in [3.8, 4) is 5.75 Å². The van der Waals surface area contributed by atoms with E-state index in [9.17, 15) is 20.3 Å². The number of para-hydroxylation sites is 1. The van der Waals surface area contributed by atoms with Crippen LogP contribution in [0, 0.1) is 16.0 Å². The first-order valence-corrected chi connectivity index (χ1v) is 16.3. The minimum atomic E-state index is -1.59. The summed E-state index contributed by atoms with van der Waals surface area (Å²) in [7, 11) is 0. The smallest absolute Gasteiger partial charge is 0.311 e. The zero-order valence-electron chi connectivity index (χ0n) is 30.5. The SMILES string of the molecule is CC(C)[C@H](N=Cc1cccc([N+](=O)[O-])c1O)C(O)(c1cc(C(C)(C)C)cc(C(C)(C)C)c1)c1cc(C(C)(C)C)cc(C(C)(C)C)c1. The van der Waals surface area contributed by atoms with Gasteiger partial charge in [0.25, 0.3) is 0 Å². The van der Waals surface area contributed by atoms with E-state index >= 15 is 0 Å². The third-order valence-electron chi connectivity index (χ3n) is 8.89. The summed E-state index contributed by atoms with van der Waals surface area (Å²) in [6.45, 7) is 30.2. The number of nitro groups is 1. The lowest BCUT2D eigenvalue weighted by molar-refractivity contribution is -0.385. The predicted molar refractivity (Wildman–Crippen MR) is 192 cm³/mol. The number of benzene rings is 3. The van der Waals surface area contributed by atoms with Crippen LogP contribution in [-0.2, 0) is 27.3 Å². The zero-order chi connectivity index (χ0) is 35.2. The van der Waals surface area contributed by atoms with Crippen LogP contribution in [0.1, 0.15) is 136 Å². The molecule has 3 aromatic carbocycles. The standard InChI is InChI=1S/C40H56N2O4/c1-25(2)35(41-24-26-16-15-17-33(34(26)43)42(45)46)40(44,31-20-27(36(3,4)5)18-28(21-31)37(6,7)8)32-22-29(38(9,10)11)19-30(23-32)39(12,13)14/h15-25,35,43-44H,1-14H3/t35-/m0/s1. The first kappa shape index (κ1) is 37.0. The molecule has 0 aromatic heterocycles. The Morgan fingerprint density at radius 2 is 1.02 bits per heavy atom. The second-order valence-electron chi connectivity index (χ2n) is 17.3. The van der Waals surface area contributed by atoms with Gasteiger partial charge in [-0.3, -0.25) is 15.1 Å². The average Bonchev–Trinajstić information content (AvgIpc) is 2.91. The van der Waals surface area contributed by atoms with E-state index in [2.05, 4.69) is 119 Å². The molecule has 0 amide bonds. The van der Waals surface area contributed by atoms with Crippen LogP contribution in [-0.4, -0.2) is 27.4 Å². The topological polar surface area (TPSA) is 96.0 Å². The average molecular weight is 629 g/mol. The molecular weight excluding hydrogens is 572 g/mol. The van der Waals surface area contributed by atoms with Crippen molar-refractivity contribution in [2.24, 2.45) is 10.9 Å². The Kier molecular flexibility index (Phi) is 10.1. The van der Waals surface area contributed by atoms with Gasteiger partial charge < -0.3 is 10.2 Å². The molecule has 3 aromatic rings. The van der Waals surface area contributed by atoms with E-state index in [0.717, 1.165) is 33.4 Å². The Morgan fingerprint density at radius 3 is 1.33 bits per heavy atom. The van der Waals surface area contributed by atoms with Crippen LogP contribution in [0.5, 0.6) is 5.75 Å². The summed E-state index contributed by atoms with van der Waals surface area (Å²) >= 11 is 0. The normalized spacial score (nSPS) is 14.3. The lowest BCUT2D eigenvalue weighted by Gasteiger charge is -2.40. The van der Waals surface area contributed by atoms with Crippen molar-refractivity contribution in [1.82, 2.24) is 0 Å². The number of nitro benzene ring substituents is 1. The maximum atomic E-state index is 13.6. The van der Waals surface area contributed by atoms with Gasteiger partial charge >= 0.3 is 5.69 Å². The summed E-state index contributed by atoms with van der Waals surface area (Å²) in [5.74, 6) is -0.605. The van der Waals surface area contributed by atoms with E-state index in [0.29, 0.717) is 0 Å². The molecule has 0 aliphatic heterocycles. The Hall–Kier alpha value is -3.51. The summed E-state index contributed by atoms with van der Waals surface area (Å²) in [6, 6.07) is 16.6. The van der Waals surface area contributed by atoms with E-state index in [-0.39, 0.29) is 38.8 Å². The maximum Gasteiger partial charge on any atom is 0.311 e. The largest absolute Gasteiger partial charge is 0.502 e. The number of nitrogens with zero attached hydrogens (tertiary/aromatic N) is 2. The van der Waals surface area contributed by atoms with Crippen molar-refractivity contribution < 1.29 is 15.1 Å². The molecular formula is C40H56N2O4. The minimum Gasteiger partial charge on any atom is -0.502 e. The molecule has 0 aliphatic rings. The van der Waals surface area contributed by atoms with E-state index in [1.807, 2.05) is 13.8 Å². The first-order valence-electron chi connectivity index (χ1n) is 16.3. The molecule has 0 fully saturated rings. The van der Waals surface area contributed by atoms with Crippen LogP contribution < -0.4 is 0 Å². The van der Waals surface area contributed by atoms with Crippen molar-refractivity contribution in [3.05, 3.63) is 104 Å². The van der Waals surface area contributed by atoms with Crippen LogP contribution in [0.3, 0.4) is 0 Å². The molecule has 6 nitrogen and oxygen atoms in total. The summed E-state index contributed by atoms with van der Waals surface area (Å²) in [5, 5.41) is 35.9. The number of aliphatic hydroxyl groups is 1. The quantitative estimate of drug-likeness (QED) is 0.155. The highest BCUT2D eigenvalue weighted by Crippen LogP contribution is 2.44. The van der Waals surface area contributed by atoms with Crippen molar-refractivity contribution in [2.45, 2.75) is 130 Å². The fraction of sp³-hybridized carbons (Fsp3) is 0.525. The van der Waals surface area contributed by atoms with Crippen LogP contribution in [0.25, 0.3) is 0 Å². The van der Waals surface area contributed by atoms with E-state index < -0.39 is 22.3 Å². The van der Waals surface area contributed by atoms with Gasteiger partial charge in [0.05, 0.1) is 11.0 Å². The Labute approximate surface area is 277 Å². The van der Waals surface area contributed by atoms with Crippen LogP contribution >= 0.6 is 0 Å². The summed E-state index contributed by atoms with van der Waals surface area (Å²) in [5.41, 5.74) is 3.42. The van der Waals surface area contributed by atoms with Gasteiger partial charge in [0.15, 0.2) is 0 Å². The molecule has 0 spiro atoms. The molecule has 0 radical (unpaired) electrons. The number of hydrogen-bond acceptors (Lipinski definition) is 5. The molecule has 0 saturated heterocycles. The lowest BCUT2D eigenvalue weighted by Crippen LogP contribution is -2.44. The number of aromatic hydroxyl groups is 1. The van der Waals surface area contributed by atoms with E-state index in [1.165, 1.54) is 18.3 Å². The fourth-order valence-electron chi connectivity index (χ4n) is 5.66.